The lowest BCUT2D eigenvalue weighted by molar-refractivity contribution is -0.123. The van der Waals surface area contributed by atoms with Crippen LogP contribution in [0.5, 0.6) is 0 Å². The van der Waals surface area contributed by atoms with E-state index in [2.05, 4.69) is 5.32 Å². The largest absolute Gasteiger partial charge is 0.383 e. The third-order valence-corrected chi connectivity index (χ3v) is 3.20. The second kappa shape index (κ2) is 7.63. The fourth-order valence-corrected chi connectivity index (χ4v) is 2.36. The molecule has 94 valence electrons. The maximum Gasteiger partial charge on any atom is 0.220 e. The molecule has 4 nitrogen and oxygen atoms in total. The van der Waals surface area contributed by atoms with Crippen LogP contribution in [0.4, 0.5) is 0 Å². The number of carbonyl (C=O) groups excluding carboxylic acids is 1. The molecule has 0 saturated heterocycles. The van der Waals surface area contributed by atoms with Crippen molar-refractivity contribution in [1.82, 2.24) is 5.32 Å². The minimum atomic E-state index is 0.0731. The molecule has 0 radical (unpaired) electrons. The Balaban J connectivity index is 2.23. The van der Waals surface area contributed by atoms with Crippen LogP contribution in [0.15, 0.2) is 0 Å². The lowest BCUT2D eigenvalue weighted by Gasteiger charge is -2.18. The molecule has 1 fully saturated rings. The summed E-state index contributed by atoms with van der Waals surface area (Å²) in [4.78, 5) is 11.8. The van der Waals surface area contributed by atoms with E-state index in [1.807, 2.05) is 0 Å². The SMILES string of the molecule is COCC(CCN)NC(=O)CC1CCCC1. The average molecular weight is 228 g/mol. The molecule has 1 aliphatic rings. The molecule has 3 N–H and O–H groups in total. The Morgan fingerprint density at radius 3 is 2.75 bits per heavy atom. The van der Waals surface area contributed by atoms with Crippen LogP contribution in [0.2, 0.25) is 0 Å². The van der Waals surface area contributed by atoms with Gasteiger partial charge in [-0.15, -0.1) is 0 Å². The molecule has 1 atom stereocenters. The number of nitrogens with one attached hydrogen (secondary N) is 1. The van der Waals surface area contributed by atoms with Crippen molar-refractivity contribution in [2.24, 2.45) is 11.7 Å². The van der Waals surface area contributed by atoms with Crippen molar-refractivity contribution in [3.05, 3.63) is 0 Å². The highest BCUT2D eigenvalue weighted by atomic mass is 16.5. The number of nitrogens with two attached hydrogens (primary N) is 1. The van der Waals surface area contributed by atoms with Crippen LogP contribution in [-0.4, -0.2) is 32.2 Å². The van der Waals surface area contributed by atoms with Gasteiger partial charge in [0.05, 0.1) is 12.6 Å². The predicted octanol–water partition coefficient (Wildman–Crippen LogP) is 1.05. The molecule has 1 rings (SSSR count). The summed E-state index contributed by atoms with van der Waals surface area (Å²) in [7, 11) is 1.65. The molecular formula is C12H24N2O2. The normalized spacial score (nSPS) is 18.6. The van der Waals surface area contributed by atoms with E-state index in [4.69, 9.17) is 10.5 Å². The Hall–Kier alpha value is -0.610. The lowest BCUT2D eigenvalue weighted by atomic mass is 10.0. The third kappa shape index (κ3) is 4.94. The van der Waals surface area contributed by atoms with Crippen molar-refractivity contribution >= 4 is 5.91 Å². The van der Waals surface area contributed by atoms with E-state index >= 15 is 0 Å². The van der Waals surface area contributed by atoms with E-state index in [1.54, 1.807) is 7.11 Å². The third-order valence-electron chi connectivity index (χ3n) is 3.20. The zero-order valence-corrected chi connectivity index (χ0v) is 10.2. The van der Waals surface area contributed by atoms with Crippen LogP contribution >= 0.6 is 0 Å². The van der Waals surface area contributed by atoms with Crippen molar-refractivity contribution in [3.8, 4) is 0 Å². The second-order valence-corrected chi connectivity index (χ2v) is 4.65. The van der Waals surface area contributed by atoms with E-state index < -0.39 is 0 Å². The second-order valence-electron chi connectivity index (χ2n) is 4.65. The van der Waals surface area contributed by atoms with Gasteiger partial charge in [-0.1, -0.05) is 12.8 Å². The van der Waals surface area contributed by atoms with Gasteiger partial charge in [-0.3, -0.25) is 4.79 Å². The van der Waals surface area contributed by atoms with Gasteiger partial charge in [0.15, 0.2) is 0 Å². The molecule has 16 heavy (non-hydrogen) atoms. The fraction of sp³-hybridized carbons (Fsp3) is 0.917. The highest BCUT2D eigenvalue weighted by molar-refractivity contribution is 5.76. The number of hydrogen-bond donors (Lipinski definition) is 2. The summed E-state index contributed by atoms with van der Waals surface area (Å²) >= 11 is 0. The van der Waals surface area contributed by atoms with Gasteiger partial charge in [0.2, 0.25) is 5.91 Å². The smallest absolute Gasteiger partial charge is 0.220 e. The fourth-order valence-electron chi connectivity index (χ4n) is 2.36. The molecule has 0 aromatic carbocycles. The predicted molar refractivity (Wildman–Crippen MR) is 64.1 cm³/mol. The summed E-state index contributed by atoms with van der Waals surface area (Å²) < 4.78 is 5.06. The van der Waals surface area contributed by atoms with Gasteiger partial charge in [0, 0.05) is 13.5 Å². The van der Waals surface area contributed by atoms with E-state index in [0.29, 0.717) is 25.5 Å². The molecule has 1 amide bonds. The number of ether oxygens (including phenoxy) is 1. The van der Waals surface area contributed by atoms with Gasteiger partial charge in [0.25, 0.3) is 0 Å². The molecule has 0 heterocycles. The quantitative estimate of drug-likeness (QED) is 0.684. The Morgan fingerprint density at radius 1 is 1.50 bits per heavy atom. The first-order valence-corrected chi connectivity index (χ1v) is 6.24. The standard InChI is InChI=1S/C12H24N2O2/c1-16-9-11(6-7-13)14-12(15)8-10-4-2-3-5-10/h10-11H,2-9,13H2,1H3,(H,14,15). The minimum absolute atomic E-state index is 0.0731. The molecule has 1 unspecified atom stereocenters. The van der Waals surface area contributed by atoms with Gasteiger partial charge in [0.1, 0.15) is 0 Å². The number of rotatable bonds is 7. The van der Waals surface area contributed by atoms with Crippen molar-refractivity contribution in [3.63, 3.8) is 0 Å². The summed E-state index contributed by atoms with van der Waals surface area (Å²) in [5.74, 6) is 0.753. The van der Waals surface area contributed by atoms with Gasteiger partial charge in [-0.05, 0) is 31.7 Å². The van der Waals surface area contributed by atoms with Crippen molar-refractivity contribution in [2.75, 3.05) is 20.3 Å². The Kier molecular flexibility index (Phi) is 6.42. The molecule has 4 heteroatoms. The summed E-state index contributed by atoms with van der Waals surface area (Å²) in [5.41, 5.74) is 5.49. The zero-order chi connectivity index (χ0) is 11.8. The van der Waals surface area contributed by atoms with Crippen molar-refractivity contribution in [1.29, 1.82) is 0 Å². The lowest BCUT2D eigenvalue weighted by Crippen LogP contribution is -2.39. The maximum absolute atomic E-state index is 11.8. The van der Waals surface area contributed by atoms with Gasteiger partial charge >= 0.3 is 0 Å². The number of carbonyl (C=O) groups is 1. The Morgan fingerprint density at radius 2 is 2.19 bits per heavy atom. The zero-order valence-electron chi connectivity index (χ0n) is 10.2. The first-order valence-electron chi connectivity index (χ1n) is 6.24. The molecular weight excluding hydrogens is 204 g/mol. The first-order chi connectivity index (χ1) is 7.76. The van der Waals surface area contributed by atoms with Crippen LogP contribution in [0.25, 0.3) is 0 Å². The van der Waals surface area contributed by atoms with Crippen LogP contribution in [-0.2, 0) is 9.53 Å². The summed E-state index contributed by atoms with van der Waals surface area (Å²) in [6.45, 7) is 1.13. The van der Waals surface area contributed by atoms with E-state index in [0.717, 1.165) is 6.42 Å². The summed E-state index contributed by atoms with van der Waals surface area (Å²) in [6.07, 6.45) is 6.43. The molecule has 0 aromatic heterocycles. The Bertz CT molecular complexity index is 197. The van der Waals surface area contributed by atoms with Gasteiger partial charge in [-0.25, -0.2) is 0 Å². The molecule has 0 aromatic rings. The maximum atomic E-state index is 11.8. The molecule has 0 aliphatic heterocycles. The van der Waals surface area contributed by atoms with Crippen LogP contribution in [0, 0.1) is 5.92 Å². The topological polar surface area (TPSA) is 64.3 Å². The number of hydrogen-bond acceptors (Lipinski definition) is 3. The highest BCUT2D eigenvalue weighted by Gasteiger charge is 2.19. The van der Waals surface area contributed by atoms with E-state index in [9.17, 15) is 4.79 Å². The Labute approximate surface area is 97.9 Å². The van der Waals surface area contributed by atoms with E-state index in [1.165, 1.54) is 25.7 Å². The molecule has 1 saturated carbocycles. The minimum Gasteiger partial charge on any atom is -0.383 e. The van der Waals surface area contributed by atoms with Gasteiger partial charge in [-0.2, -0.15) is 0 Å². The summed E-state index contributed by atoms with van der Waals surface area (Å²) in [5, 5.41) is 3.00. The van der Waals surface area contributed by atoms with Crippen molar-refractivity contribution < 1.29 is 9.53 Å². The monoisotopic (exact) mass is 228 g/mol. The molecule has 1 aliphatic carbocycles. The van der Waals surface area contributed by atoms with E-state index in [-0.39, 0.29) is 11.9 Å². The highest BCUT2D eigenvalue weighted by Crippen LogP contribution is 2.27. The van der Waals surface area contributed by atoms with Crippen LogP contribution in [0.3, 0.4) is 0 Å². The van der Waals surface area contributed by atoms with Crippen LogP contribution < -0.4 is 11.1 Å². The van der Waals surface area contributed by atoms with Crippen LogP contribution in [0.1, 0.15) is 38.5 Å². The summed E-state index contributed by atoms with van der Waals surface area (Å²) in [6, 6.07) is 0.0731. The van der Waals surface area contributed by atoms with Crippen molar-refractivity contribution in [2.45, 2.75) is 44.6 Å². The number of amides is 1. The average Bonchev–Trinajstić information content (AvgIpc) is 2.71. The first kappa shape index (κ1) is 13.5. The molecule has 0 spiro atoms. The molecule has 0 bridgehead atoms. The van der Waals surface area contributed by atoms with Gasteiger partial charge < -0.3 is 15.8 Å². The number of methoxy groups -OCH3 is 1.